The highest BCUT2D eigenvalue weighted by Crippen LogP contribution is 2.28. The fraction of sp³-hybridized carbons (Fsp3) is 0.200. The second-order valence-corrected chi connectivity index (χ2v) is 5.59. The summed E-state index contributed by atoms with van der Waals surface area (Å²) in [4.78, 5) is 23.7. The number of hydrogen-bond donors (Lipinski definition) is 1. The Morgan fingerprint density at radius 2 is 2.15 bits per heavy atom. The van der Waals surface area contributed by atoms with Crippen LogP contribution in [0.25, 0.3) is 21.0 Å². The molecule has 0 amide bonds. The van der Waals surface area contributed by atoms with E-state index in [1.807, 2.05) is 35.1 Å². The maximum Gasteiger partial charge on any atom is 0.341 e. The lowest BCUT2D eigenvalue weighted by atomic mass is 10.1. The number of rotatable bonds is 3. The monoisotopic (exact) mass is 287 g/mol. The van der Waals surface area contributed by atoms with E-state index in [0.29, 0.717) is 11.9 Å². The van der Waals surface area contributed by atoms with Crippen LogP contribution in [0.5, 0.6) is 0 Å². The molecule has 2 heterocycles. The summed E-state index contributed by atoms with van der Waals surface area (Å²) in [6.07, 6.45) is 2.33. The summed E-state index contributed by atoms with van der Waals surface area (Å²) in [5.41, 5.74) is 0.247. The number of aryl methyl sites for hydroxylation is 1. The average molecular weight is 287 g/mol. The lowest BCUT2D eigenvalue weighted by Crippen LogP contribution is -2.19. The molecule has 0 bridgehead atoms. The normalized spacial score (nSPS) is 11.2. The predicted octanol–water partition coefficient (Wildman–Crippen LogP) is 3.32. The molecule has 0 saturated carbocycles. The van der Waals surface area contributed by atoms with Crippen LogP contribution in [-0.2, 0) is 6.54 Å². The molecule has 1 aromatic carbocycles. The number of carbonyl (C=O) groups is 1. The van der Waals surface area contributed by atoms with Crippen LogP contribution in [0.3, 0.4) is 0 Å². The van der Waals surface area contributed by atoms with Crippen LogP contribution >= 0.6 is 11.3 Å². The summed E-state index contributed by atoms with van der Waals surface area (Å²) in [5, 5.41) is 12.6. The third-order valence-electron chi connectivity index (χ3n) is 3.36. The SMILES string of the molecule is CCCn1cc(C(=O)O)c(=O)c2c3sccc3ccc21. The zero-order valence-corrected chi connectivity index (χ0v) is 11.7. The van der Waals surface area contributed by atoms with Crippen LogP contribution in [0.2, 0.25) is 0 Å². The molecule has 0 aliphatic heterocycles. The zero-order chi connectivity index (χ0) is 14.3. The molecule has 0 atom stereocenters. The first-order valence-electron chi connectivity index (χ1n) is 6.40. The highest BCUT2D eigenvalue weighted by Gasteiger charge is 2.16. The minimum Gasteiger partial charge on any atom is -0.477 e. The van der Waals surface area contributed by atoms with E-state index in [1.165, 1.54) is 17.5 Å². The minimum absolute atomic E-state index is 0.160. The first-order chi connectivity index (χ1) is 9.63. The summed E-state index contributed by atoms with van der Waals surface area (Å²) < 4.78 is 2.72. The summed E-state index contributed by atoms with van der Waals surface area (Å²) in [5.74, 6) is -1.17. The molecular weight excluding hydrogens is 274 g/mol. The van der Waals surface area contributed by atoms with Crippen LogP contribution in [0.1, 0.15) is 23.7 Å². The van der Waals surface area contributed by atoms with Gasteiger partial charge in [0.2, 0.25) is 5.43 Å². The summed E-state index contributed by atoms with van der Waals surface area (Å²) in [6.45, 7) is 2.71. The number of pyridine rings is 1. The Kier molecular flexibility index (Phi) is 3.06. The molecule has 0 aliphatic rings. The Labute approximate surface area is 118 Å². The van der Waals surface area contributed by atoms with Crippen molar-refractivity contribution in [1.82, 2.24) is 4.57 Å². The Hall–Kier alpha value is -2.14. The van der Waals surface area contributed by atoms with E-state index in [1.54, 1.807) is 0 Å². The van der Waals surface area contributed by atoms with Gasteiger partial charge in [0.25, 0.3) is 0 Å². The number of aromatic nitrogens is 1. The van der Waals surface area contributed by atoms with Crippen molar-refractivity contribution in [3.05, 3.63) is 45.6 Å². The maximum absolute atomic E-state index is 12.5. The Morgan fingerprint density at radius 1 is 1.35 bits per heavy atom. The molecule has 3 aromatic rings. The first kappa shape index (κ1) is 12.9. The molecule has 0 radical (unpaired) electrons. The van der Waals surface area contributed by atoms with E-state index >= 15 is 0 Å². The van der Waals surface area contributed by atoms with Crippen LogP contribution in [0.15, 0.2) is 34.6 Å². The zero-order valence-electron chi connectivity index (χ0n) is 10.9. The van der Waals surface area contributed by atoms with E-state index in [4.69, 9.17) is 0 Å². The molecular formula is C15H13NO3S. The standard InChI is InChI=1S/C15H13NO3S/c1-2-6-16-8-10(15(18)19)13(17)12-11(16)4-3-9-5-7-20-14(9)12/h3-5,7-8H,2,6H2,1H3,(H,18,19). The fourth-order valence-corrected chi connectivity index (χ4v) is 3.42. The maximum atomic E-state index is 12.5. The van der Waals surface area contributed by atoms with Gasteiger partial charge in [0.05, 0.1) is 10.9 Å². The Morgan fingerprint density at radius 3 is 2.85 bits per heavy atom. The van der Waals surface area contributed by atoms with E-state index in [0.717, 1.165) is 22.0 Å². The van der Waals surface area contributed by atoms with Gasteiger partial charge in [0.1, 0.15) is 5.56 Å². The van der Waals surface area contributed by atoms with E-state index in [-0.39, 0.29) is 5.56 Å². The molecule has 0 unspecified atom stereocenters. The van der Waals surface area contributed by atoms with Gasteiger partial charge >= 0.3 is 5.97 Å². The molecule has 102 valence electrons. The van der Waals surface area contributed by atoms with Crippen molar-refractivity contribution in [2.75, 3.05) is 0 Å². The molecule has 1 N–H and O–H groups in total. The summed E-state index contributed by atoms with van der Waals surface area (Å²) in [7, 11) is 0. The fourth-order valence-electron chi connectivity index (χ4n) is 2.48. The van der Waals surface area contributed by atoms with Crippen LogP contribution in [0.4, 0.5) is 0 Å². The molecule has 4 nitrogen and oxygen atoms in total. The molecule has 0 aliphatic carbocycles. The van der Waals surface area contributed by atoms with Gasteiger partial charge in [-0.25, -0.2) is 4.79 Å². The van der Waals surface area contributed by atoms with E-state index < -0.39 is 11.4 Å². The number of carboxylic acid groups (broad SMARTS) is 1. The van der Waals surface area contributed by atoms with Crippen LogP contribution < -0.4 is 5.43 Å². The number of aromatic carboxylic acids is 1. The van der Waals surface area contributed by atoms with Crippen molar-refractivity contribution in [3.63, 3.8) is 0 Å². The van der Waals surface area contributed by atoms with E-state index in [2.05, 4.69) is 0 Å². The molecule has 0 spiro atoms. The highest BCUT2D eigenvalue weighted by atomic mass is 32.1. The molecule has 5 heteroatoms. The van der Waals surface area contributed by atoms with Crippen LogP contribution in [0, 0.1) is 0 Å². The van der Waals surface area contributed by atoms with Gasteiger partial charge < -0.3 is 9.67 Å². The van der Waals surface area contributed by atoms with Gasteiger partial charge in [-0.15, -0.1) is 11.3 Å². The van der Waals surface area contributed by atoms with Gasteiger partial charge in [0.15, 0.2) is 0 Å². The van der Waals surface area contributed by atoms with Gasteiger partial charge in [-0.2, -0.15) is 0 Å². The van der Waals surface area contributed by atoms with Crippen LogP contribution in [-0.4, -0.2) is 15.6 Å². The molecule has 20 heavy (non-hydrogen) atoms. The third kappa shape index (κ3) is 1.82. The summed E-state index contributed by atoms with van der Waals surface area (Å²) in [6, 6.07) is 5.81. The second kappa shape index (κ2) is 4.76. The number of benzene rings is 1. The molecule has 3 rings (SSSR count). The van der Waals surface area contributed by atoms with Crippen molar-refractivity contribution in [2.24, 2.45) is 0 Å². The average Bonchev–Trinajstić information content (AvgIpc) is 2.89. The van der Waals surface area contributed by atoms with Gasteiger partial charge in [-0.3, -0.25) is 4.79 Å². The second-order valence-electron chi connectivity index (χ2n) is 4.67. The van der Waals surface area contributed by atoms with Gasteiger partial charge in [0, 0.05) is 17.4 Å². The molecule has 2 aromatic heterocycles. The molecule has 0 saturated heterocycles. The lowest BCUT2D eigenvalue weighted by Gasteiger charge is -2.11. The van der Waals surface area contributed by atoms with Gasteiger partial charge in [-0.05, 0) is 29.3 Å². The predicted molar refractivity (Wildman–Crippen MR) is 80.8 cm³/mol. The van der Waals surface area contributed by atoms with Crippen molar-refractivity contribution >= 4 is 38.3 Å². The number of nitrogens with zero attached hydrogens (tertiary/aromatic N) is 1. The van der Waals surface area contributed by atoms with Crippen molar-refractivity contribution in [2.45, 2.75) is 19.9 Å². The van der Waals surface area contributed by atoms with Crippen molar-refractivity contribution < 1.29 is 9.90 Å². The highest BCUT2D eigenvalue weighted by molar-refractivity contribution is 7.18. The Balaban J connectivity index is 2.54. The lowest BCUT2D eigenvalue weighted by molar-refractivity contribution is 0.0695. The number of hydrogen-bond acceptors (Lipinski definition) is 3. The Bertz CT molecular complexity index is 876. The number of carboxylic acids is 1. The summed E-state index contributed by atoms with van der Waals surface area (Å²) >= 11 is 1.47. The largest absolute Gasteiger partial charge is 0.477 e. The van der Waals surface area contributed by atoms with Crippen molar-refractivity contribution in [1.29, 1.82) is 0 Å². The van der Waals surface area contributed by atoms with Gasteiger partial charge in [-0.1, -0.05) is 13.0 Å². The first-order valence-corrected chi connectivity index (χ1v) is 7.28. The topological polar surface area (TPSA) is 59.3 Å². The minimum atomic E-state index is -1.17. The van der Waals surface area contributed by atoms with Crippen molar-refractivity contribution in [3.8, 4) is 0 Å². The molecule has 0 fully saturated rings. The number of thiophene rings is 1. The smallest absolute Gasteiger partial charge is 0.341 e. The quantitative estimate of drug-likeness (QED) is 0.804. The van der Waals surface area contributed by atoms with E-state index in [9.17, 15) is 14.7 Å². The third-order valence-corrected chi connectivity index (χ3v) is 4.31. The number of fused-ring (bicyclic) bond motifs is 3.